The quantitative estimate of drug-likeness (QED) is 0.241. The highest BCUT2D eigenvalue weighted by atomic mass is 35.5. The molecular weight excluding hydrogens is 569 g/mol. The predicted octanol–water partition coefficient (Wildman–Crippen LogP) is 7.55. The third-order valence-electron chi connectivity index (χ3n) is 5.60. The van der Waals surface area contributed by atoms with Gasteiger partial charge in [-0.15, -0.1) is 23.2 Å². The first-order chi connectivity index (χ1) is 17.2. The molecule has 37 heavy (non-hydrogen) atoms. The first kappa shape index (κ1) is 27.1. The zero-order chi connectivity index (χ0) is 27.3. The van der Waals surface area contributed by atoms with Crippen LogP contribution < -0.4 is 10.6 Å². The number of benzene rings is 3. The van der Waals surface area contributed by atoms with Crippen molar-refractivity contribution in [2.24, 2.45) is 5.92 Å². The molecule has 1 aliphatic carbocycles. The smallest absolute Gasteiger partial charge is 0.326 e. The van der Waals surface area contributed by atoms with E-state index in [1.807, 2.05) is 0 Å². The van der Waals surface area contributed by atoms with Gasteiger partial charge in [-0.2, -0.15) is 13.2 Å². The molecule has 0 aliphatic heterocycles. The number of anilines is 2. The van der Waals surface area contributed by atoms with Gasteiger partial charge >= 0.3 is 6.18 Å². The summed E-state index contributed by atoms with van der Waals surface area (Å²) in [5.74, 6) is -7.14. The van der Waals surface area contributed by atoms with Gasteiger partial charge in [0.15, 0.2) is 0 Å². The predicted molar refractivity (Wildman–Crippen MR) is 126 cm³/mol. The highest BCUT2D eigenvalue weighted by Crippen LogP contribution is 2.65. The first-order valence-corrected chi connectivity index (χ1v) is 11.4. The van der Waals surface area contributed by atoms with Gasteiger partial charge in [-0.05, 0) is 54.1 Å². The van der Waals surface area contributed by atoms with Crippen molar-refractivity contribution in [1.82, 2.24) is 0 Å². The molecule has 0 radical (unpaired) electrons. The molecule has 2 atom stereocenters. The van der Waals surface area contributed by atoms with Crippen molar-refractivity contribution in [3.63, 3.8) is 0 Å². The van der Waals surface area contributed by atoms with Crippen LogP contribution in [0, 0.1) is 23.4 Å². The summed E-state index contributed by atoms with van der Waals surface area (Å²) in [6, 6.07) is 8.03. The van der Waals surface area contributed by atoms with Crippen molar-refractivity contribution in [3.05, 3.63) is 93.8 Å². The number of amides is 2. The average Bonchev–Trinajstić information content (AvgIpc) is 3.38. The Balaban J connectivity index is 1.53. The highest BCUT2D eigenvalue weighted by Gasteiger charge is 2.67. The fourth-order valence-electron chi connectivity index (χ4n) is 3.80. The van der Waals surface area contributed by atoms with Gasteiger partial charge < -0.3 is 10.6 Å². The summed E-state index contributed by atoms with van der Waals surface area (Å²) in [7, 11) is 0. The maximum atomic E-state index is 13.9. The van der Waals surface area contributed by atoms with Gasteiger partial charge in [0.05, 0.1) is 27.8 Å². The molecule has 13 heteroatoms. The van der Waals surface area contributed by atoms with Gasteiger partial charge in [-0.25, -0.2) is 13.2 Å². The molecule has 4 nitrogen and oxygen atoms in total. The molecule has 0 saturated heterocycles. The van der Waals surface area contributed by atoms with Crippen molar-refractivity contribution < 1.29 is 35.9 Å². The van der Waals surface area contributed by atoms with Crippen LogP contribution in [0.1, 0.15) is 27.4 Å². The molecule has 0 bridgehead atoms. The second-order valence-electron chi connectivity index (χ2n) is 8.16. The second-order valence-corrected chi connectivity index (χ2v) is 10.0. The SMILES string of the molecule is O=C(Nc1ccc(F)cc1F)c1cc(NC(=O)C2C(c3cc(F)cc(C(F)(F)F)c3)C2(Cl)Cl)ccc1Cl. The van der Waals surface area contributed by atoms with Gasteiger partial charge in [-0.1, -0.05) is 11.6 Å². The van der Waals surface area contributed by atoms with E-state index in [0.29, 0.717) is 18.2 Å². The van der Waals surface area contributed by atoms with E-state index in [0.717, 1.165) is 24.3 Å². The van der Waals surface area contributed by atoms with Crippen LogP contribution in [0.15, 0.2) is 54.6 Å². The minimum absolute atomic E-state index is 0.0316. The topological polar surface area (TPSA) is 58.2 Å². The lowest BCUT2D eigenvalue weighted by molar-refractivity contribution is -0.137. The summed E-state index contributed by atoms with van der Waals surface area (Å²) in [5.41, 5.74) is -1.94. The molecule has 3 aromatic rings. The summed E-state index contributed by atoms with van der Waals surface area (Å²) in [6.07, 6.45) is -4.83. The fraction of sp³-hybridized carbons (Fsp3) is 0.167. The molecule has 4 rings (SSSR count). The normalized spacial score (nSPS) is 18.3. The molecule has 2 amide bonds. The summed E-state index contributed by atoms with van der Waals surface area (Å²) in [6.45, 7) is 0. The van der Waals surface area contributed by atoms with Crippen LogP contribution in [0.25, 0.3) is 0 Å². The Bertz CT molecular complexity index is 1410. The second kappa shape index (κ2) is 9.74. The number of hydrogen-bond acceptors (Lipinski definition) is 2. The van der Waals surface area contributed by atoms with Crippen LogP contribution in [0.3, 0.4) is 0 Å². The first-order valence-electron chi connectivity index (χ1n) is 10.3. The number of nitrogens with one attached hydrogen (secondary N) is 2. The summed E-state index contributed by atoms with van der Waals surface area (Å²) < 4.78 is 78.3. The standard InChI is InChI=1S/C24H13Cl3F6N2O2/c25-16-3-2-14(9-15(16)21(36)35-18-4-1-12(28)8-17(18)30)34-22(37)20-19(23(20,26)27)10-5-11(24(31,32)33)7-13(29)6-10/h1-9,19-20H,(H,34,37)(H,35,36). The fourth-order valence-corrected chi connectivity index (χ4v) is 4.83. The number of carbonyl (C=O) groups excluding carboxylic acids is 2. The Kier molecular flexibility index (Phi) is 7.13. The molecule has 0 aromatic heterocycles. The zero-order valence-corrected chi connectivity index (χ0v) is 20.3. The van der Waals surface area contributed by atoms with Gasteiger partial charge in [0.2, 0.25) is 5.91 Å². The van der Waals surface area contributed by atoms with E-state index >= 15 is 0 Å². The van der Waals surface area contributed by atoms with Crippen molar-refractivity contribution in [2.75, 3.05) is 10.6 Å². The molecule has 0 heterocycles. The molecule has 3 aromatic carbocycles. The van der Waals surface area contributed by atoms with E-state index in [4.69, 9.17) is 34.8 Å². The Morgan fingerprint density at radius 2 is 1.57 bits per heavy atom. The molecule has 1 saturated carbocycles. The van der Waals surface area contributed by atoms with Crippen LogP contribution in [-0.2, 0) is 11.0 Å². The molecule has 194 valence electrons. The summed E-state index contributed by atoms with van der Waals surface area (Å²) in [4.78, 5) is 25.5. The number of halogens is 9. The molecule has 1 aliphatic rings. The van der Waals surface area contributed by atoms with Crippen molar-refractivity contribution in [2.45, 2.75) is 16.4 Å². The lowest BCUT2D eigenvalue weighted by Gasteiger charge is -2.11. The zero-order valence-electron chi connectivity index (χ0n) is 18.1. The van der Waals surface area contributed by atoms with E-state index in [-0.39, 0.29) is 27.5 Å². The Labute approximate surface area is 220 Å². The monoisotopic (exact) mass is 580 g/mol. The minimum Gasteiger partial charge on any atom is -0.326 e. The lowest BCUT2D eigenvalue weighted by atomic mass is 10.0. The summed E-state index contributed by atoms with van der Waals surface area (Å²) in [5, 5.41) is 4.60. The average molecular weight is 582 g/mol. The van der Waals surface area contributed by atoms with E-state index in [2.05, 4.69) is 10.6 Å². The lowest BCUT2D eigenvalue weighted by Crippen LogP contribution is -2.18. The number of alkyl halides is 5. The number of carbonyl (C=O) groups is 2. The van der Waals surface area contributed by atoms with E-state index in [1.54, 1.807) is 0 Å². The molecular formula is C24H13Cl3F6N2O2. The highest BCUT2D eigenvalue weighted by molar-refractivity contribution is 6.53. The van der Waals surface area contributed by atoms with Crippen molar-refractivity contribution in [1.29, 1.82) is 0 Å². The minimum atomic E-state index is -4.83. The van der Waals surface area contributed by atoms with Crippen LogP contribution in [0.2, 0.25) is 5.02 Å². The number of hydrogen-bond donors (Lipinski definition) is 2. The van der Waals surface area contributed by atoms with E-state index in [9.17, 15) is 35.9 Å². The van der Waals surface area contributed by atoms with Crippen LogP contribution in [0.4, 0.5) is 37.7 Å². The third kappa shape index (κ3) is 5.66. The van der Waals surface area contributed by atoms with Crippen LogP contribution in [0.5, 0.6) is 0 Å². The molecule has 2 unspecified atom stereocenters. The Morgan fingerprint density at radius 3 is 2.22 bits per heavy atom. The van der Waals surface area contributed by atoms with Gasteiger partial charge in [-0.3, -0.25) is 9.59 Å². The number of rotatable bonds is 5. The molecule has 1 fully saturated rings. The van der Waals surface area contributed by atoms with Gasteiger partial charge in [0.25, 0.3) is 5.91 Å². The van der Waals surface area contributed by atoms with Crippen molar-refractivity contribution in [3.8, 4) is 0 Å². The summed E-state index contributed by atoms with van der Waals surface area (Å²) >= 11 is 18.4. The van der Waals surface area contributed by atoms with E-state index in [1.165, 1.54) is 12.1 Å². The van der Waals surface area contributed by atoms with Crippen LogP contribution >= 0.6 is 34.8 Å². The molecule has 2 N–H and O–H groups in total. The van der Waals surface area contributed by atoms with Gasteiger partial charge in [0.1, 0.15) is 21.8 Å². The maximum Gasteiger partial charge on any atom is 0.416 e. The van der Waals surface area contributed by atoms with Crippen LogP contribution in [-0.4, -0.2) is 16.1 Å². The van der Waals surface area contributed by atoms with E-state index < -0.39 is 57.2 Å². The Hall–Kier alpha value is -2.95. The maximum absolute atomic E-state index is 13.9. The largest absolute Gasteiger partial charge is 0.416 e. The van der Waals surface area contributed by atoms with Crippen molar-refractivity contribution >= 4 is 58.0 Å². The third-order valence-corrected chi connectivity index (χ3v) is 6.87. The Morgan fingerprint density at radius 1 is 0.865 bits per heavy atom. The van der Waals surface area contributed by atoms with Gasteiger partial charge in [0, 0.05) is 17.7 Å². The molecule has 0 spiro atoms.